The average molecular weight is 580 g/mol. The zero-order valence-corrected chi connectivity index (χ0v) is 28.4. The molecule has 2 aliphatic rings. The maximum absolute atomic E-state index is 12.2. The van der Waals surface area contributed by atoms with Gasteiger partial charge in [0.25, 0.3) is 0 Å². The number of fused-ring (bicyclic) bond motifs is 1. The Bertz CT molecular complexity index is 1250. The summed E-state index contributed by atoms with van der Waals surface area (Å²) in [4.78, 5) is 5.40. The molecular weight excluding hydrogens is 526 g/mol. The lowest BCUT2D eigenvalue weighted by molar-refractivity contribution is 0.105. The zero-order chi connectivity index (χ0) is 30.3. The predicted molar refractivity (Wildman–Crippen MR) is 171 cm³/mol. The molecule has 6 heteroatoms. The smallest absolute Gasteiger partial charge is 0.192 e. The lowest BCUT2D eigenvalue weighted by Gasteiger charge is -2.45. The van der Waals surface area contributed by atoms with E-state index in [0.29, 0.717) is 13.2 Å². The summed E-state index contributed by atoms with van der Waals surface area (Å²) in [6.07, 6.45) is 4.05. The fourth-order valence-corrected chi connectivity index (χ4v) is 7.18. The summed E-state index contributed by atoms with van der Waals surface area (Å²) >= 11 is 0. The molecule has 226 valence electrons. The number of pyridine rings is 1. The average Bonchev–Trinajstić information content (AvgIpc) is 2.86. The van der Waals surface area contributed by atoms with E-state index in [4.69, 9.17) is 18.9 Å². The van der Waals surface area contributed by atoms with Crippen molar-refractivity contribution in [3.05, 3.63) is 64.0 Å². The van der Waals surface area contributed by atoms with Crippen LogP contribution in [-0.2, 0) is 15.6 Å². The highest BCUT2D eigenvalue weighted by Crippen LogP contribution is 2.51. The number of aliphatic hydroxyl groups excluding tert-OH is 1. The Kier molecular flexibility index (Phi) is 9.30. The molecule has 41 heavy (non-hydrogen) atoms. The quantitative estimate of drug-likeness (QED) is 0.316. The first-order valence-electron chi connectivity index (χ1n) is 15.5. The first-order valence-corrected chi connectivity index (χ1v) is 18.4. The molecule has 1 aliphatic heterocycles. The molecule has 4 rings (SSSR count). The van der Waals surface area contributed by atoms with Crippen molar-refractivity contribution in [2.75, 3.05) is 13.2 Å². The first-order chi connectivity index (χ1) is 19.0. The number of hydrogen-bond acceptors (Lipinski definition) is 5. The van der Waals surface area contributed by atoms with Crippen molar-refractivity contribution in [2.24, 2.45) is 5.41 Å². The largest absolute Gasteiger partial charge is 0.491 e. The van der Waals surface area contributed by atoms with Gasteiger partial charge < -0.3 is 19.0 Å². The minimum atomic E-state index is -2.11. The molecule has 1 aliphatic carbocycles. The van der Waals surface area contributed by atoms with Gasteiger partial charge in [-0.05, 0) is 91.4 Å². The SMILES string of the molecule is CC(C)Oc1ccc(C(O)c2c(C(C)C)nc3c(c2C2=CCOCC2)[C@H](O[Si](C)(C)C(C)(C)C)CC(C)(C)C3)cc1. The van der Waals surface area contributed by atoms with E-state index in [-0.39, 0.29) is 28.6 Å². The Morgan fingerprint density at radius 3 is 2.27 bits per heavy atom. The summed E-state index contributed by atoms with van der Waals surface area (Å²) in [7, 11) is -2.11. The van der Waals surface area contributed by atoms with E-state index >= 15 is 0 Å². The van der Waals surface area contributed by atoms with E-state index in [1.807, 2.05) is 38.1 Å². The molecule has 1 aromatic heterocycles. The van der Waals surface area contributed by atoms with Crippen LogP contribution >= 0.6 is 0 Å². The van der Waals surface area contributed by atoms with Crippen LogP contribution in [0.1, 0.15) is 127 Å². The van der Waals surface area contributed by atoms with Crippen molar-refractivity contribution in [1.29, 1.82) is 0 Å². The van der Waals surface area contributed by atoms with Gasteiger partial charge in [-0.2, -0.15) is 0 Å². The van der Waals surface area contributed by atoms with Gasteiger partial charge in [-0.1, -0.05) is 66.7 Å². The summed E-state index contributed by atoms with van der Waals surface area (Å²) in [5.74, 6) is 0.957. The number of benzene rings is 1. The summed E-state index contributed by atoms with van der Waals surface area (Å²) < 4.78 is 18.9. The lowest BCUT2D eigenvalue weighted by Crippen LogP contribution is -2.44. The first kappa shape index (κ1) is 31.9. The van der Waals surface area contributed by atoms with E-state index in [2.05, 4.69) is 67.6 Å². The van der Waals surface area contributed by atoms with Gasteiger partial charge in [-0.25, -0.2) is 0 Å². The number of nitrogens with zero attached hydrogens (tertiary/aromatic N) is 1. The van der Waals surface area contributed by atoms with E-state index in [0.717, 1.165) is 53.1 Å². The Morgan fingerprint density at radius 1 is 1.07 bits per heavy atom. The summed E-state index contributed by atoms with van der Waals surface area (Å²) in [6.45, 7) is 25.9. The van der Waals surface area contributed by atoms with Crippen LogP contribution in [0.25, 0.3) is 5.57 Å². The third-order valence-corrected chi connectivity index (χ3v) is 13.5. The molecule has 1 N–H and O–H groups in total. The fourth-order valence-electron chi connectivity index (χ4n) is 5.91. The van der Waals surface area contributed by atoms with Gasteiger partial charge in [-0.3, -0.25) is 4.98 Å². The summed E-state index contributed by atoms with van der Waals surface area (Å²) in [5, 5.41) is 12.3. The number of hydrogen-bond donors (Lipinski definition) is 1. The fraction of sp³-hybridized carbons (Fsp3) is 0.629. The number of rotatable bonds is 8. The second kappa shape index (κ2) is 11.9. The Balaban J connectivity index is 1.98. The van der Waals surface area contributed by atoms with Crippen LogP contribution in [0.5, 0.6) is 5.75 Å². The second-order valence-electron chi connectivity index (χ2n) is 14.9. The van der Waals surface area contributed by atoms with Crippen molar-refractivity contribution in [3.8, 4) is 5.75 Å². The molecule has 0 fully saturated rings. The molecule has 0 saturated carbocycles. The van der Waals surface area contributed by atoms with Gasteiger partial charge in [0, 0.05) is 22.5 Å². The molecule has 2 atom stereocenters. The summed E-state index contributed by atoms with van der Waals surface area (Å²) in [5.41, 5.74) is 7.53. The van der Waals surface area contributed by atoms with Crippen LogP contribution < -0.4 is 4.74 Å². The molecule has 5 nitrogen and oxygen atoms in total. The van der Waals surface area contributed by atoms with Gasteiger partial charge >= 0.3 is 0 Å². The molecule has 0 radical (unpaired) electrons. The highest BCUT2D eigenvalue weighted by Gasteiger charge is 2.45. The minimum absolute atomic E-state index is 0.0645. The molecule has 0 amide bonds. The van der Waals surface area contributed by atoms with Crippen LogP contribution in [0.3, 0.4) is 0 Å². The van der Waals surface area contributed by atoms with Crippen LogP contribution in [0.4, 0.5) is 0 Å². The lowest BCUT2D eigenvalue weighted by atomic mass is 9.71. The van der Waals surface area contributed by atoms with Crippen LogP contribution in [-0.4, -0.2) is 37.7 Å². The van der Waals surface area contributed by atoms with Crippen molar-refractivity contribution >= 4 is 13.9 Å². The third-order valence-electron chi connectivity index (χ3n) is 9.00. The van der Waals surface area contributed by atoms with Crippen LogP contribution in [0.2, 0.25) is 18.1 Å². The highest BCUT2D eigenvalue weighted by molar-refractivity contribution is 6.74. The minimum Gasteiger partial charge on any atom is -0.491 e. The van der Waals surface area contributed by atoms with Crippen LogP contribution in [0, 0.1) is 5.41 Å². The van der Waals surface area contributed by atoms with Crippen molar-refractivity contribution in [3.63, 3.8) is 0 Å². The number of aliphatic hydroxyl groups is 1. The molecule has 0 spiro atoms. The van der Waals surface area contributed by atoms with Gasteiger partial charge in [0.05, 0.1) is 25.4 Å². The van der Waals surface area contributed by atoms with Crippen molar-refractivity contribution in [2.45, 2.75) is 124 Å². The topological polar surface area (TPSA) is 60.8 Å². The van der Waals surface area contributed by atoms with E-state index < -0.39 is 14.4 Å². The zero-order valence-electron chi connectivity index (χ0n) is 27.4. The molecule has 0 saturated heterocycles. The highest BCUT2D eigenvalue weighted by atomic mass is 28.4. The van der Waals surface area contributed by atoms with Gasteiger partial charge in [0.1, 0.15) is 11.9 Å². The Morgan fingerprint density at radius 2 is 1.73 bits per heavy atom. The van der Waals surface area contributed by atoms with Gasteiger partial charge in [-0.15, -0.1) is 0 Å². The molecular formula is C35H53NO4Si. The molecule has 2 heterocycles. The monoisotopic (exact) mass is 579 g/mol. The van der Waals surface area contributed by atoms with Crippen molar-refractivity contribution in [1.82, 2.24) is 4.98 Å². The standard InChI is InChI=1S/C35H53NO4Si/c1-22(2)32-31(33(37)25-12-14-26(15-13-25)39-23(3)4)29(24-16-18-38-19-17-24)30-27(36-32)20-35(8,9)21-28(30)40-41(10,11)34(5,6)7/h12-16,22-23,28,33,37H,17-21H2,1-11H3/t28-,33?/m1/s1. The third kappa shape index (κ3) is 6.98. The van der Waals surface area contributed by atoms with E-state index in [1.54, 1.807) is 0 Å². The summed E-state index contributed by atoms with van der Waals surface area (Å²) in [6, 6.07) is 7.89. The molecule has 0 bridgehead atoms. The Hall–Kier alpha value is -1.99. The molecule has 1 aromatic carbocycles. The maximum atomic E-state index is 12.2. The predicted octanol–water partition coefficient (Wildman–Crippen LogP) is 8.91. The van der Waals surface area contributed by atoms with Gasteiger partial charge in [0.15, 0.2) is 8.32 Å². The Labute approximate surface area is 249 Å². The van der Waals surface area contributed by atoms with E-state index in [1.165, 1.54) is 11.1 Å². The normalized spacial score (nSPS) is 20.1. The van der Waals surface area contributed by atoms with Crippen molar-refractivity contribution < 1.29 is 19.0 Å². The van der Waals surface area contributed by atoms with Crippen LogP contribution in [0.15, 0.2) is 30.3 Å². The number of aromatic nitrogens is 1. The number of ether oxygens (including phenoxy) is 2. The maximum Gasteiger partial charge on any atom is 0.192 e. The molecule has 1 unspecified atom stereocenters. The molecule has 2 aromatic rings. The van der Waals surface area contributed by atoms with Gasteiger partial charge in [0.2, 0.25) is 0 Å². The van der Waals surface area contributed by atoms with E-state index in [9.17, 15) is 5.11 Å². The second-order valence-corrected chi connectivity index (χ2v) is 19.7.